The van der Waals surface area contributed by atoms with Gasteiger partial charge in [0.15, 0.2) is 5.58 Å². The average Bonchev–Trinajstić information content (AvgIpc) is 3.25. The van der Waals surface area contributed by atoms with Gasteiger partial charge in [-0.15, -0.1) is 0 Å². The molecule has 1 amide bonds. The SMILES string of the molecule is O=C(Cc1noc2ccccc12)N1CCO[C@@H](c2ccco2)C1. The summed E-state index contributed by atoms with van der Waals surface area (Å²) in [4.78, 5) is 14.4. The minimum Gasteiger partial charge on any atom is -0.467 e. The molecule has 1 aliphatic rings. The van der Waals surface area contributed by atoms with Crippen LogP contribution in [0.1, 0.15) is 17.6 Å². The predicted molar refractivity (Wildman–Crippen MR) is 81.7 cm³/mol. The highest BCUT2D eigenvalue weighted by Crippen LogP contribution is 2.24. The van der Waals surface area contributed by atoms with E-state index >= 15 is 0 Å². The number of para-hydroxylation sites is 1. The van der Waals surface area contributed by atoms with Crippen LogP contribution in [0.5, 0.6) is 0 Å². The van der Waals surface area contributed by atoms with E-state index < -0.39 is 0 Å². The Balaban J connectivity index is 1.48. The summed E-state index contributed by atoms with van der Waals surface area (Å²) >= 11 is 0. The van der Waals surface area contributed by atoms with Crippen molar-refractivity contribution >= 4 is 16.9 Å². The van der Waals surface area contributed by atoms with Crippen LogP contribution in [0.15, 0.2) is 51.6 Å². The van der Waals surface area contributed by atoms with E-state index in [1.54, 1.807) is 11.2 Å². The fourth-order valence-electron chi connectivity index (χ4n) is 2.84. The van der Waals surface area contributed by atoms with Gasteiger partial charge in [0.05, 0.1) is 25.8 Å². The van der Waals surface area contributed by atoms with Crippen LogP contribution in [0.2, 0.25) is 0 Å². The fraction of sp³-hybridized carbons (Fsp3) is 0.294. The summed E-state index contributed by atoms with van der Waals surface area (Å²) in [6, 6.07) is 11.2. The highest BCUT2D eigenvalue weighted by molar-refractivity contribution is 5.86. The van der Waals surface area contributed by atoms with Crippen molar-refractivity contribution in [2.45, 2.75) is 12.5 Å². The zero-order chi connectivity index (χ0) is 15.6. The average molecular weight is 312 g/mol. The van der Waals surface area contributed by atoms with Crippen molar-refractivity contribution in [3.05, 3.63) is 54.1 Å². The number of rotatable bonds is 3. The Labute approximate surface area is 132 Å². The molecule has 2 aromatic heterocycles. The standard InChI is InChI=1S/C17H16N2O4/c20-17(10-13-12-4-1-2-5-14(12)23-18-13)19-7-9-22-16(11-19)15-6-3-8-21-15/h1-6,8,16H,7,9-11H2/t16-/m1/s1. The summed E-state index contributed by atoms with van der Waals surface area (Å²) in [5, 5.41) is 4.91. The Morgan fingerprint density at radius 1 is 1.26 bits per heavy atom. The highest BCUT2D eigenvalue weighted by atomic mass is 16.5. The zero-order valence-corrected chi connectivity index (χ0v) is 12.5. The van der Waals surface area contributed by atoms with Crippen molar-refractivity contribution in [1.82, 2.24) is 10.1 Å². The predicted octanol–water partition coefficient (Wildman–Crippen LogP) is 2.56. The van der Waals surface area contributed by atoms with Gasteiger partial charge in [0.1, 0.15) is 17.6 Å². The molecule has 23 heavy (non-hydrogen) atoms. The van der Waals surface area contributed by atoms with Gasteiger partial charge >= 0.3 is 0 Å². The third-order valence-corrected chi connectivity index (χ3v) is 4.05. The Kier molecular flexibility index (Phi) is 3.59. The smallest absolute Gasteiger partial charge is 0.228 e. The van der Waals surface area contributed by atoms with Crippen LogP contribution in [0.4, 0.5) is 0 Å². The second kappa shape index (κ2) is 5.89. The van der Waals surface area contributed by atoms with Crippen LogP contribution in [-0.2, 0) is 16.0 Å². The maximum absolute atomic E-state index is 12.6. The molecule has 6 heteroatoms. The van der Waals surface area contributed by atoms with E-state index in [4.69, 9.17) is 13.7 Å². The van der Waals surface area contributed by atoms with Gasteiger partial charge < -0.3 is 18.6 Å². The van der Waals surface area contributed by atoms with Gasteiger partial charge in [-0.05, 0) is 24.3 Å². The summed E-state index contributed by atoms with van der Waals surface area (Å²) in [6.45, 7) is 1.56. The van der Waals surface area contributed by atoms with Crippen molar-refractivity contribution in [3.8, 4) is 0 Å². The molecular formula is C17H16N2O4. The first kappa shape index (κ1) is 14.0. The molecule has 1 atom stereocenters. The second-order valence-corrected chi connectivity index (χ2v) is 5.52. The topological polar surface area (TPSA) is 68.7 Å². The first-order valence-corrected chi connectivity index (χ1v) is 7.57. The minimum atomic E-state index is -0.211. The van der Waals surface area contributed by atoms with Crippen molar-refractivity contribution in [1.29, 1.82) is 0 Å². The number of furan rings is 1. The van der Waals surface area contributed by atoms with Gasteiger partial charge in [0, 0.05) is 11.9 Å². The van der Waals surface area contributed by atoms with E-state index in [2.05, 4.69) is 5.16 Å². The number of carbonyl (C=O) groups excluding carboxylic acids is 1. The summed E-state index contributed by atoms with van der Waals surface area (Å²) < 4.78 is 16.3. The zero-order valence-electron chi connectivity index (χ0n) is 12.5. The molecular weight excluding hydrogens is 296 g/mol. The summed E-state index contributed by atoms with van der Waals surface area (Å²) in [5.41, 5.74) is 1.37. The summed E-state index contributed by atoms with van der Waals surface area (Å²) in [7, 11) is 0. The number of morpholine rings is 1. The number of aromatic nitrogens is 1. The molecule has 0 bridgehead atoms. The molecule has 1 aromatic carbocycles. The van der Waals surface area contributed by atoms with Gasteiger partial charge in [0.25, 0.3) is 0 Å². The fourth-order valence-corrected chi connectivity index (χ4v) is 2.84. The number of benzene rings is 1. The normalized spacial score (nSPS) is 18.4. The van der Waals surface area contributed by atoms with Gasteiger partial charge in [0.2, 0.25) is 5.91 Å². The molecule has 0 saturated carbocycles. The van der Waals surface area contributed by atoms with E-state index in [0.29, 0.717) is 31.0 Å². The maximum atomic E-state index is 12.6. The lowest BCUT2D eigenvalue weighted by molar-refractivity contribution is -0.139. The van der Waals surface area contributed by atoms with E-state index in [1.807, 2.05) is 36.4 Å². The molecule has 1 aliphatic heterocycles. The van der Waals surface area contributed by atoms with Crippen LogP contribution < -0.4 is 0 Å². The number of hydrogen-bond donors (Lipinski definition) is 0. The van der Waals surface area contributed by atoms with Gasteiger partial charge in [-0.2, -0.15) is 0 Å². The Morgan fingerprint density at radius 3 is 3.04 bits per heavy atom. The number of carbonyl (C=O) groups is 1. The molecule has 0 aliphatic carbocycles. The number of nitrogens with zero attached hydrogens (tertiary/aromatic N) is 2. The molecule has 0 unspecified atom stereocenters. The molecule has 118 valence electrons. The molecule has 0 radical (unpaired) electrons. The van der Waals surface area contributed by atoms with Crippen LogP contribution in [0.25, 0.3) is 11.0 Å². The molecule has 0 spiro atoms. The largest absolute Gasteiger partial charge is 0.467 e. The van der Waals surface area contributed by atoms with Gasteiger partial charge in [-0.3, -0.25) is 4.79 Å². The number of fused-ring (bicyclic) bond motifs is 1. The lowest BCUT2D eigenvalue weighted by Crippen LogP contribution is -2.42. The van der Waals surface area contributed by atoms with Crippen LogP contribution in [0.3, 0.4) is 0 Å². The lowest BCUT2D eigenvalue weighted by atomic mass is 10.1. The first-order chi connectivity index (χ1) is 11.3. The van der Waals surface area contributed by atoms with E-state index in [9.17, 15) is 4.79 Å². The van der Waals surface area contributed by atoms with Crippen molar-refractivity contribution in [3.63, 3.8) is 0 Å². The summed E-state index contributed by atoms with van der Waals surface area (Å²) in [5.74, 6) is 0.762. The van der Waals surface area contributed by atoms with Crippen LogP contribution in [-0.4, -0.2) is 35.7 Å². The first-order valence-electron chi connectivity index (χ1n) is 7.57. The molecule has 4 rings (SSSR count). The van der Waals surface area contributed by atoms with Crippen LogP contribution in [0, 0.1) is 0 Å². The van der Waals surface area contributed by atoms with E-state index in [-0.39, 0.29) is 18.4 Å². The number of hydrogen-bond acceptors (Lipinski definition) is 5. The van der Waals surface area contributed by atoms with Crippen molar-refractivity contribution in [2.24, 2.45) is 0 Å². The highest BCUT2D eigenvalue weighted by Gasteiger charge is 2.27. The van der Waals surface area contributed by atoms with E-state index in [1.165, 1.54) is 0 Å². The Bertz CT molecular complexity index is 809. The molecule has 3 heterocycles. The third kappa shape index (κ3) is 2.73. The molecule has 3 aromatic rings. The second-order valence-electron chi connectivity index (χ2n) is 5.52. The van der Waals surface area contributed by atoms with Crippen LogP contribution >= 0.6 is 0 Å². The third-order valence-electron chi connectivity index (χ3n) is 4.05. The Hall–Kier alpha value is -2.60. The van der Waals surface area contributed by atoms with Gasteiger partial charge in [-0.1, -0.05) is 17.3 Å². The van der Waals surface area contributed by atoms with Crippen molar-refractivity contribution in [2.75, 3.05) is 19.7 Å². The minimum absolute atomic E-state index is 0.0175. The maximum Gasteiger partial charge on any atom is 0.228 e. The van der Waals surface area contributed by atoms with Crippen molar-refractivity contribution < 1.29 is 18.5 Å². The number of amides is 1. The lowest BCUT2D eigenvalue weighted by Gasteiger charge is -2.31. The molecule has 6 nitrogen and oxygen atoms in total. The summed E-state index contributed by atoms with van der Waals surface area (Å²) in [6.07, 6.45) is 1.62. The quantitative estimate of drug-likeness (QED) is 0.743. The monoisotopic (exact) mass is 312 g/mol. The van der Waals surface area contributed by atoms with E-state index in [0.717, 1.165) is 11.1 Å². The molecule has 1 fully saturated rings. The molecule has 0 N–H and O–H groups in total. The Morgan fingerprint density at radius 2 is 2.17 bits per heavy atom. The number of ether oxygens (including phenoxy) is 1. The molecule has 1 saturated heterocycles. The van der Waals surface area contributed by atoms with Gasteiger partial charge in [-0.25, -0.2) is 0 Å².